The normalized spacial score (nSPS) is 10.6. The first-order chi connectivity index (χ1) is 17.4. The van der Waals surface area contributed by atoms with Crippen molar-refractivity contribution in [3.05, 3.63) is 95.8 Å². The van der Waals surface area contributed by atoms with Gasteiger partial charge in [0.05, 0.1) is 11.4 Å². The minimum absolute atomic E-state index is 0.193. The highest BCUT2D eigenvalue weighted by atomic mass is 35.5. The van der Waals surface area contributed by atoms with Crippen molar-refractivity contribution in [3.8, 4) is 16.9 Å². The van der Waals surface area contributed by atoms with Gasteiger partial charge in [-0.1, -0.05) is 54.9 Å². The molecule has 0 aliphatic heterocycles. The van der Waals surface area contributed by atoms with E-state index < -0.39 is 17.8 Å². The quantitative estimate of drug-likeness (QED) is 0.298. The van der Waals surface area contributed by atoms with Gasteiger partial charge in [0.1, 0.15) is 18.2 Å². The Hall–Kier alpha value is -4.17. The van der Waals surface area contributed by atoms with Crippen LogP contribution in [0.3, 0.4) is 0 Å². The summed E-state index contributed by atoms with van der Waals surface area (Å²) in [6, 6.07) is 23.6. The first-order valence-corrected chi connectivity index (χ1v) is 11.8. The molecule has 4 rings (SSSR count). The molecule has 184 valence electrons. The van der Waals surface area contributed by atoms with Crippen molar-refractivity contribution in [2.45, 2.75) is 13.3 Å². The molecule has 3 aromatic carbocycles. The van der Waals surface area contributed by atoms with E-state index in [9.17, 15) is 14.0 Å². The first kappa shape index (κ1) is 24.9. The van der Waals surface area contributed by atoms with E-state index >= 15 is 0 Å². The SMILES string of the molecule is CCCN(CC(=O)Nc1cc(-c2ccccc2)nn1-c1ccc(Cl)cc1)C(=O)Nc1cccc(F)c1. The van der Waals surface area contributed by atoms with Crippen LogP contribution in [0.25, 0.3) is 16.9 Å². The van der Waals surface area contributed by atoms with Gasteiger partial charge in [0, 0.05) is 28.9 Å². The van der Waals surface area contributed by atoms with Crippen LogP contribution in [0.5, 0.6) is 0 Å². The van der Waals surface area contributed by atoms with E-state index in [0.717, 1.165) is 5.56 Å². The molecule has 4 aromatic rings. The molecule has 0 saturated heterocycles. The minimum atomic E-state index is -0.492. The molecule has 2 N–H and O–H groups in total. The van der Waals surface area contributed by atoms with E-state index in [4.69, 9.17) is 11.6 Å². The number of carbonyl (C=O) groups excluding carboxylic acids is 2. The molecule has 0 saturated carbocycles. The number of carbonyl (C=O) groups is 2. The standard InChI is InChI=1S/C27H25ClFN5O2/c1-2-15-33(27(36)30-22-10-6-9-21(29)16-22)18-26(35)31-25-17-24(19-7-4-3-5-8-19)32-34(25)23-13-11-20(28)12-14-23/h3-14,16-17H,2,15,18H2,1H3,(H,30,36)(H,31,35). The molecule has 0 radical (unpaired) electrons. The van der Waals surface area contributed by atoms with Gasteiger partial charge in [0.15, 0.2) is 0 Å². The summed E-state index contributed by atoms with van der Waals surface area (Å²) in [5.74, 6) is -0.409. The van der Waals surface area contributed by atoms with Gasteiger partial charge in [0.2, 0.25) is 5.91 Å². The van der Waals surface area contributed by atoms with Crippen LogP contribution in [0.15, 0.2) is 84.9 Å². The van der Waals surface area contributed by atoms with Crippen LogP contribution in [-0.4, -0.2) is 39.7 Å². The molecule has 0 aliphatic rings. The highest BCUT2D eigenvalue weighted by molar-refractivity contribution is 6.30. The van der Waals surface area contributed by atoms with Crippen LogP contribution in [-0.2, 0) is 4.79 Å². The topological polar surface area (TPSA) is 79.3 Å². The lowest BCUT2D eigenvalue weighted by molar-refractivity contribution is -0.116. The number of halogens is 2. The van der Waals surface area contributed by atoms with Crippen LogP contribution in [0, 0.1) is 5.82 Å². The second-order valence-corrected chi connectivity index (χ2v) is 8.52. The lowest BCUT2D eigenvalue weighted by Crippen LogP contribution is -2.41. The Labute approximate surface area is 213 Å². The van der Waals surface area contributed by atoms with Crippen LogP contribution in [0.4, 0.5) is 20.7 Å². The van der Waals surface area contributed by atoms with E-state index in [2.05, 4.69) is 15.7 Å². The fraction of sp³-hybridized carbons (Fsp3) is 0.148. The zero-order chi connectivity index (χ0) is 25.5. The minimum Gasteiger partial charge on any atom is -0.315 e. The predicted molar refractivity (Wildman–Crippen MR) is 140 cm³/mol. The smallest absolute Gasteiger partial charge is 0.315 e. The predicted octanol–water partition coefficient (Wildman–Crippen LogP) is 6.21. The van der Waals surface area contributed by atoms with E-state index in [0.29, 0.717) is 40.9 Å². The van der Waals surface area contributed by atoms with E-state index in [1.807, 2.05) is 37.3 Å². The second-order valence-electron chi connectivity index (χ2n) is 8.08. The molecule has 36 heavy (non-hydrogen) atoms. The van der Waals surface area contributed by atoms with Crippen LogP contribution < -0.4 is 10.6 Å². The van der Waals surface area contributed by atoms with Crippen molar-refractivity contribution < 1.29 is 14.0 Å². The number of rotatable bonds is 8. The van der Waals surface area contributed by atoms with Gasteiger partial charge in [-0.15, -0.1) is 0 Å². The van der Waals surface area contributed by atoms with Gasteiger partial charge in [-0.05, 0) is 48.9 Å². The van der Waals surface area contributed by atoms with Gasteiger partial charge in [-0.3, -0.25) is 4.79 Å². The third-order valence-corrected chi connectivity index (χ3v) is 5.56. The molecule has 7 nitrogen and oxygen atoms in total. The molecule has 0 fully saturated rings. The Morgan fingerprint density at radius 2 is 1.72 bits per heavy atom. The summed E-state index contributed by atoms with van der Waals surface area (Å²) in [5, 5.41) is 10.8. The number of urea groups is 1. The van der Waals surface area contributed by atoms with Gasteiger partial charge < -0.3 is 15.5 Å². The monoisotopic (exact) mass is 505 g/mol. The molecule has 9 heteroatoms. The molecule has 3 amide bonds. The number of benzene rings is 3. The highest BCUT2D eigenvalue weighted by Gasteiger charge is 2.19. The number of nitrogens with zero attached hydrogens (tertiary/aromatic N) is 3. The van der Waals surface area contributed by atoms with Crippen molar-refractivity contribution in [3.63, 3.8) is 0 Å². The number of hydrogen-bond acceptors (Lipinski definition) is 3. The lowest BCUT2D eigenvalue weighted by atomic mass is 10.1. The average Bonchev–Trinajstić information content (AvgIpc) is 3.28. The van der Waals surface area contributed by atoms with Crippen molar-refractivity contribution in [2.24, 2.45) is 0 Å². The molecule has 0 bridgehead atoms. The van der Waals surface area contributed by atoms with Crippen molar-refractivity contribution in [2.75, 3.05) is 23.7 Å². The summed E-state index contributed by atoms with van der Waals surface area (Å²) >= 11 is 6.04. The van der Waals surface area contributed by atoms with Gasteiger partial charge in [0.25, 0.3) is 0 Å². The zero-order valence-electron chi connectivity index (χ0n) is 19.6. The number of anilines is 2. The molecule has 0 spiro atoms. The second kappa shape index (κ2) is 11.5. The maximum atomic E-state index is 13.5. The maximum Gasteiger partial charge on any atom is 0.322 e. The van der Waals surface area contributed by atoms with Crippen molar-refractivity contribution in [1.29, 1.82) is 0 Å². The Bertz CT molecular complexity index is 1340. The van der Waals surface area contributed by atoms with Crippen molar-refractivity contribution in [1.82, 2.24) is 14.7 Å². The molecular formula is C27H25ClFN5O2. The van der Waals surface area contributed by atoms with Crippen LogP contribution in [0.1, 0.15) is 13.3 Å². The lowest BCUT2D eigenvalue weighted by Gasteiger charge is -2.22. The molecular weight excluding hydrogens is 481 g/mol. The zero-order valence-corrected chi connectivity index (χ0v) is 20.4. The summed E-state index contributed by atoms with van der Waals surface area (Å²) in [4.78, 5) is 27.2. The van der Waals surface area contributed by atoms with E-state index in [1.165, 1.54) is 23.1 Å². The molecule has 0 atom stereocenters. The summed E-state index contributed by atoms with van der Waals surface area (Å²) in [7, 11) is 0. The molecule has 0 unspecified atom stereocenters. The number of aromatic nitrogens is 2. The Morgan fingerprint density at radius 3 is 2.42 bits per heavy atom. The molecule has 1 aromatic heterocycles. The Kier molecular flexibility index (Phi) is 7.97. The summed E-state index contributed by atoms with van der Waals surface area (Å²) in [5.41, 5.74) is 2.60. The fourth-order valence-electron chi connectivity index (χ4n) is 3.65. The number of amides is 3. The highest BCUT2D eigenvalue weighted by Crippen LogP contribution is 2.25. The van der Waals surface area contributed by atoms with Gasteiger partial charge >= 0.3 is 6.03 Å². The summed E-state index contributed by atoms with van der Waals surface area (Å²) in [6.07, 6.45) is 0.644. The number of hydrogen-bond donors (Lipinski definition) is 2. The average molecular weight is 506 g/mol. The number of nitrogens with one attached hydrogen (secondary N) is 2. The summed E-state index contributed by atoms with van der Waals surface area (Å²) < 4.78 is 15.1. The van der Waals surface area contributed by atoms with Crippen LogP contribution in [0.2, 0.25) is 5.02 Å². The largest absolute Gasteiger partial charge is 0.322 e. The van der Waals surface area contributed by atoms with Gasteiger partial charge in [-0.25, -0.2) is 13.9 Å². The molecule has 1 heterocycles. The Morgan fingerprint density at radius 1 is 0.972 bits per heavy atom. The summed E-state index contributed by atoms with van der Waals surface area (Å²) in [6.45, 7) is 2.06. The van der Waals surface area contributed by atoms with E-state index in [1.54, 1.807) is 41.1 Å². The fourth-order valence-corrected chi connectivity index (χ4v) is 3.77. The third-order valence-electron chi connectivity index (χ3n) is 5.31. The van der Waals surface area contributed by atoms with Crippen LogP contribution >= 0.6 is 11.6 Å². The molecule has 0 aliphatic carbocycles. The Balaban J connectivity index is 1.55. The van der Waals surface area contributed by atoms with E-state index in [-0.39, 0.29) is 6.54 Å². The maximum absolute atomic E-state index is 13.5. The third kappa shape index (κ3) is 6.28. The van der Waals surface area contributed by atoms with Crippen molar-refractivity contribution >= 4 is 35.0 Å². The van der Waals surface area contributed by atoms with Gasteiger partial charge in [-0.2, -0.15) is 5.10 Å². The first-order valence-electron chi connectivity index (χ1n) is 11.5.